The van der Waals surface area contributed by atoms with E-state index < -0.39 is 0 Å². The number of rotatable bonds is 4. The first-order valence-corrected chi connectivity index (χ1v) is 5.97. The lowest BCUT2D eigenvalue weighted by Gasteiger charge is -2.21. The number of nitrogens with one attached hydrogen (secondary N) is 2. The summed E-state index contributed by atoms with van der Waals surface area (Å²) in [5, 5.41) is 9.41. The number of hydrogen-bond acceptors (Lipinski definition) is 3. The minimum absolute atomic E-state index is 0.0160. The number of hydrogen-bond donors (Lipinski definition) is 2. The molecule has 0 aliphatic carbocycles. The SMILES string of the molecule is CC(C)(CBr)CNC(=O)c1ccc(=O)[nH]n1. The van der Waals surface area contributed by atoms with E-state index in [1.165, 1.54) is 12.1 Å². The van der Waals surface area contributed by atoms with E-state index in [9.17, 15) is 9.59 Å². The molecule has 1 amide bonds. The van der Waals surface area contributed by atoms with Gasteiger partial charge in [-0.3, -0.25) is 9.59 Å². The summed E-state index contributed by atoms with van der Waals surface area (Å²) in [7, 11) is 0. The fourth-order valence-electron chi connectivity index (χ4n) is 0.928. The number of amides is 1. The van der Waals surface area contributed by atoms with Gasteiger partial charge in [-0.2, -0.15) is 5.10 Å². The van der Waals surface area contributed by atoms with Crippen molar-refractivity contribution in [3.05, 3.63) is 28.2 Å². The Morgan fingerprint density at radius 2 is 2.25 bits per heavy atom. The van der Waals surface area contributed by atoms with E-state index >= 15 is 0 Å². The Morgan fingerprint density at radius 1 is 1.56 bits per heavy atom. The minimum Gasteiger partial charge on any atom is -0.350 e. The molecule has 0 aromatic carbocycles. The number of halogens is 1. The number of nitrogens with zero attached hydrogens (tertiary/aromatic N) is 1. The highest BCUT2D eigenvalue weighted by Gasteiger charge is 2.18. The van der Waals surface area contributed by atoms with Crippen LogP contribution in [0.3, 0.4) is 0 Å². The minimum atomic E-state index is -0.322. The van der Waals surface area contributed by atoms with Crippen LogP contribution in [-0.4, -0.2) is 28.0 Å². The second-order valence-electron chi connectivity index (χ2n) is 4.29. The molecule has 0 radical (unpaired) electrons. The third kappa shape index (κ3) is 3.77. The van der Waals surface area contributed by atoms with Gasteiger partial charge < -0.3 is 5.32 Å². The van der Waals surface area contributed by atoms with Gasteiger partial charge in [-0.15, -0.1) is 0 Å². The lowest BCUT2D eigenvalue weighted by atomic mass is 9.97. The average Bonchev–Trinajstić information content (AvgIpc) is 2.27. The maximum absolute atomic E-state index is 11.6. The fraction of sp³-hybridized carbons (Fsp3) is 0.500. The highest BCUT2D eigenvalue weighted by Crippen LogP contribution is 2.16. The molecule has 0 aliphatic rings. The van der Waals surface area contributed by atoms with Crippen LogP contribution in [0.25, 0.3) is 0 Å². The number of alkyl halides is 1. The highest BCUT2D eigenvalue weighted by molar-refractivity contribution is 9.09. The van der Waals surface area contributed by atoms with Crippen molar-refractivity contribution in [3.8, 4) is 0 Å². The van der Waals surface area contributed by atoms with Crippen molar-refractivity contribution >= 4 is 21.8 Å². The Bertz CT molecular complexity index is 408. The van der Waals surface area contributed by atoms with Crippen LogP contribution in [0.5, 0.6) is 0 Å². The summed E-state index contributed by atoms with van der Waals surface area (Å²) in [4.78, 5) is 22.4. The zero-order valence-corrected chi connectivity index (χ0v) is 10.8. The summed E-state index contributed by atoms with van der Waals surface area (Å²) in [6, 6.07) is 2.67. The third-order valence-electron chi connectivity index (χ3n) is 2.00. The summed E-state index contributed by atoms with van der Waals surface area (Å²) in [5.41, 5.74) is -0.125. The number of carbonyl (C=O) groups excluding carboxylic acids is 1. The standard InChI is InChI=1S/C10H14BrN3O2/c1-10(2,5-11)6-12-9(16)7-3-4-8(15)14-13-7/h3-4H,5-6H2,1-2H3,(H,12,16)(H,14,15). The molecule has 0 bridgehead atoms. The van der Waals surface area contributed by atoms with Crippen LogP contribution in [0, 0.1) is 5.41 Å². The van der Waals surface area contributed by atoms with E-state index in [1.807, 2.05) is 13.8 Å². The van der Waals surface area contributed by atoms with E-state index in [4.69, 9.17) is 0 Å². The Labute approximate surface area is 102 Å². The number of aromatic amines is 1. The first kappa shape index (κ1) is 12.9. The first-order chi connectivity index (χ1) is 7.44. The third-order valence-corrected chi connectivity index (χ3v) is 3.52. The van der Waals surface area contributed by atoms with Crippen molar-refractivity contribution in [2.24, 2.45) is 5.41 Å². The molecule has 1 heterocycles. The molecule has 2 N–H and O–H groups in total. The van der Waals surface area contributed by atoms with Crippen molar-refractivity contribution in [3.63, 3.8) is 0 Å². The summed E-state index contributed by atoms with van der Waals surface area (Å²) in [6.07, 6.45) is 0. The zero-order valence-electron chi connectivity index (χ0n) is 9.21. The zero-order chi connectivity index (χ0) is 12.2. The van der Waals surface area contributed by atoms with Crippen molar-refractivity contribution in [2.45, 2.75) is 13.8 Å². The second kappa shape index (κ2) is 5.25. The predicted octanol–water partition coefficient (Wildman–Crippen LogP) is 0.921. The summed E-state index contributed by atoms with van der Waals surface area (Å²) in [6.45, 7) is 4.60. The van der Waals surface area contributed by atoms with E-state index in [0.29, 0.717) is 6.54 Å². The molecule has 6 heteroatoms. The van der Waals surface area contributed by atoms with Crippen LogP contribution in [0.15, 0.2) is 16.9 Å². The first-order valence-electron chi connectivity index (χ1n) is 4.84. The van der Waals surface area contributed by atoms with Crippen LogP contribution >= 0.6 is 15.9 Å². The Balaban J connectivity index is 2.60. The molecular formula is C10H14BrN3O2. The van der Waals surface area contributed by atoms with Crippen molar-refractivity contribution in [1.82, 2.24) is 15.5 Å². The lowest BCUT2D eigenvalue weighted by Crippen LogP contribution is -2.35. The highest BCUT2D eigenvalue weighted by atomic mass is 79.9. The van der Waals surface area contributed by atoms with Crippen LogP contribution in [-0.2, 0) is 0 Å². The summed E-state index contributed by atoms with van der Waals surface area (Å²) < 4.78 is 0. The Kier molecular flexibility index (Phi) is 4.23. The van der Waals surface area contributed by atoms with Gasteiger partial charge in [-0.1, -0.05) is 29.8 Å². The largest absolute Gasteiger partial charge is 0.350 e. The maximum Gasteiger partial charge on any atom is 0.271 e. The smallest absolute Gasteiger partial charge is 0.271 e. The monoisotopic (exact) mass is 287 g/mol. The van der Waals surface area contributed by atoms with Gasteiger partial charge in [-0.05, 0) is 11.5 Å². The Hall–Kier alpha value is -1.17. The van der Waals surface area contributed by atoms with Crippen LogP contribution < -0.4 is 10.9 Å². The van der Waals surface area contributed by atoms with Gasteiger partial charge in [0.1, 0.15) is 5.69 Å². The van der Waals surface area contributed by atoms with Gasteiger partial charge >= 0.3 is 0 Å². The average molecular weight is 288 g/mol. The van der Waals surface area contributed by atoms with E-state index in [0.717, 1.165) is 5.33 Å². The van der Waals surface area contributed by atoms with Crippen molar-refractivity contribution in [2.75, 3.05) is 11.9 Å². The molecule has 1 aromatic rings. The molecule has 0 aliphatic heterocycles. The molecular weight excluding hydrogens is 274 g/mol. The molecule has 1 rings (SSSR count). The molecule has 1 aromatic heterocycles. The van der Waals surface area contributed by atoms with E-state index in [-0.39, 0.29) is 22.6 Å². The van der Waals surface area contributed by atoms with Crippen molar-refractivity contribution in [1.29, 1.82) is 0 Å². The molecule has 0 atom stereocenters. The lowest BCUT2D eigenvalue weighted by molar-refractivity contribution is 0.0934. The predicted molar refractivity (Wildman–Crippen MR) is 64.8 cm³/mol. The normalized spacial score (nSPS) is 11.2. The molecule has 16 heavy (non-hydrogen) atoms. The van der Waals surface area contributed by atoms with E-state index in [2.05, 4.69) is 31.4 Å². The molecule has 0 saturated heterocycles. The van der Waals surface area contributed by atoms with Gasteiger partial charge in [0.25, 0.3) is 11.5 Å². The maximum atomic E-state index is 11.6. The van der Waals surface area contributed by atoms with Gasteiger partial charge in [0, 0.05) is 17.9 Å². The van der Waals surface area contributed by atoms with Crippen LogP contribution in [0.2, 0.25) is 0 Å². The molecule has 0 spiro atoms. The Morgan fingerprint density at radius 3 is 2.75 bits per heavy atom. The summed E-state index contributed by atoms with van der Waals surface area (Å²) >= 11 is 3.37. The number of carbonyl (C=O) groups is 1. The summed E-state index contributed by atoms with van der Waals surface area (Å²) in [5.74, 6) is -0.287. The topological polar surface area (TPSA) is 74.8 Å². The van der Waals surface area contributed by atoms with Gasteiger partial charge in [0.05, 0.1) is 0 Å². The number of H-pyrrole nitrogens is 1. The molecule has 0 unspecified atom stereocenters. The molecule has 0 fully saturated rings. The van der Waals surface area contributed by atoms with Crippen LogP contribution in [0.4, 0.5) is 0 Å². The number of aromatic nitrogens is 2. The van der Waals surface area contributed by atoms with Gasteiger partial charge in [-0.25, -0.2) is 5.10 Å². The van der Waals surface area contributed by atoms with Crippen LogP contribution in [0.1, 0.15) is 24.3 Å². The molecule has 88 valence electrons. The fourth-order valence-corrected chi connectivity index (χ4v) is 1.13. The molecule has 0 saturated carbocycles. The van der Waals surface area contributed by atoms with Gasteiger partial charge in [0.2, 0.25) is 0 Å². The molecule has 5 nitrogen and oxygen atoms in total. The second-order valence-corrected chi connectivity index (χ2v) is 4.85. The van der Waals surface area contributed by atoms with E-state index in [1.54, 1.807) is 0 Å². The van der Waals surface area contributed by atoms with Gasteiger partial charge in [0.15, 0.2) is 0 Å². The van der Waals surface area contributed by atoms with Crippen molar-refractivity contribution < 1.29 is 4.79 Å². The quantitative estimate of drug-likeness (QED) is 0.809.